The van der Waals surface area contributed by atoms with Crippen LogP contribution in [0.25, 0.3) is 0 Å². The molecule has 0 radical (unpaired) electrons. The summed E-state index contributed by atoms with van der Waals surface area (Å²) in [7, 11) is 0. The van der Waals surface area contributed by atoms with Crippen LogP contribution in [0.4, 0.5) is 10.1 Å². The molecule has 2 N–H and O–H groups in total. The number of carbonyl (C=O) groups is 1. The molecule has 1 atom stereocenters. The summed E-state index contributed by atoms with van der Waals surface area (Å²) in [6.45, 7) is 1.70. The van der Waals surface area contributed by atoms with Gasteiger partial charge in [-0.3, -0.25) is 4.79 Å². The van der Waals surface area contributed by atoms with Crippen molar-refractivity contribution in [1.82, 2.24) is 0 Å². The van der Waals surface area contributed by atoms with Crippen molar-refractivity contribution in [1.29, 1.82) is 0 Å². The van der Waals surface area contributed by atoms with Crippen LogP contribution in [0.5, 0.6) is 0 Å². The molecule has 0 aliphatic heterocycles. The van der Waals surface area contributed by atoms with Gasteiger partial charge in [-0.1, -0.05) is 18.5 Å². The normalized spacial score (nSPS) is 12.2. The highest BCUT2D eigenvalue weighted by Crippen LogP contribution is 2.19. The molecule has 0 heterocycles. The minimum atomic E-state index is -0.926. The zero-order valence-electron chi connectivity index (χ0n) is 8.13. The number of rotatable bonds is 4. The summed E-state index contributed by atoms with van der Waals surface area (Å²) in [5.74, 6) is -1.95. The molecule has 1 aromatic carbocycles. The molecule has 0 bridgehead atoms. The summed E-state index contributed by atoms with van der Waals surface area (Å²) in [6.07, 6.45) is 0. The van der Waals surface area contributed by atoms with Gasteiger partial charge in [-0.15, -0.1) is 0 Å². The van der Waals surface area contributed by atoms with E-state index in [-0.39, 0.29) is 12.2 Å². The maximum atomic E-state index is 13.2. The minimum Gasteiger partial charge on any atom is -0.481 e. The van der Waals surface area contributed by atoms with Gasteiger partial charge >= 0.3 is 5.97 Å². The van der Waals surface area contributed by atoms with Crippen molar-refractivity contribution in [3.05, 3.63) is 29.0 Å². The molecule has 0 spiro atoms. The third-order valence-electron chi connectivity index (χ3n) is 1.95. The summed E-state index contributed by atoms with van der Waals surface area (Å²) in [6, 6.07) is 4.09. The fraction of sp³-hybridized carbons (Fsp3) is 0.300. The average molecular weight is 232 g/mol. The predicted molar refractivity (Wildman–Crippen MR) is 56.7 cm³/mol. The number of carboxylic acid groups (broad SMARTS) is 1. The van der Waals surface area contributed by atoms with Gasteiger partial charge in [0.25, 0.3) is 0 Å². The Bertz CT molecular complexity index is 370. The topological polar surface area (TPSA) is 49.3 Å². The molecule has 1 rings (SSSR count). The number of halogens is 2. The van der Waals surface area contributed by atoms with Gasteiger partial charge in [0.1, 0.15) is 5.82 Å². The second-order valence-corrected chi connectivity index (χ2v) is 3.68. The van der Waals surface area contributed by atoms with Crippen LogP contribution >= 0.6 is 11.6 Å². The van der Waals surface area contributed by atoms with Crippen LogP contribution in [0, 0.1) is 11.7 Å². The minimum absolute atomic E-state index is 0.159. The molecule has 0 aliphatic carbocycles. The van der Waals surface area contributed by atoms with E-state index in [1.54, 1.807) is 0 Å². The van der Waals surface area contributed by atoms with E-state index in [1.165, 1.54) is 25.1 Å². The van der Waals surface area contributed by atoms with E-state index >= 15 is 0 Å². The number of hydrogen-bond acceptors (Lipinski definition) is 2. The summed E-state index contributed by atoms with van der Waals surface area (Å²) >= 11 is 5.67. The van der Waals surface area contributed by atoms with Crippen LogP contribution < -0.4 is 5.32 Å². The van der Waals surface area contributed by atoms with Crippen LogP contribution in [0.1, 0.15) is 6.92 Å². The van der Waals surface area contributed by atoms with Gasteiger partial charge in [0, 0.05) is 11.6 Å². The van der Waals surface area contributed by atoms with Crippen LogP contribution in [0.15, 0.2) is 18.2 Å². The Kier molecular flexibility index (Phi) is 3.91. The zero-order chi connectivity index (χ0) is 11.4. The molecular weight excluding hydrogens is 221 g/mol. The lowest BCUT2D eigenvalue weighted by Crippen LogP contribution is -2.20. The number of nitrogens with one attached hydrogen (secondary N) is 1. The van der Waals surface area contributed by atoms with E-state index in [2.05, 4.69) is 5.32 Å². The first kappa shape index (κ1) is 11.8. The number of hydrogen-bond donors (Lipinski definition) is 2. The highest BCUT2D eigenvalue weighted by atomic mass is 35.5. The zero-order valence-corrected chi connectivity index (χ0v) is 8.88. The van der Waals surface area contributed by atoms with Crippen molar-refractivity contribution in [3.8, 4) is 0 Å². The summed E-state index contributed by atoms with van der Waals surface area (Å²) in [4.78, 5) is 10.5. The van der Waals surface area contributed by atoms with E-state index < -0.39 is 17.7 Å². The molecule has 5 heteroatoms. The van der Waals surface area contributed by atoms with E-state index in [1.807, 2.05) is 0 Å². The fourth-order valence-electron chi connectivity index (χ4n) is 0.983. The standard InChI is InChI=1S/C10H11ClFNO2/c1-6(10(14)15)5-13-9-4-7(11)2-3-8(9)12/h2-4,6,13H,5H2,1H3,(H,14,15). The molecule has 0 fully saturated rings. The Morgan fingerprint density at radius 2 is 2.33 bits per heavy atom. The Morgan fingerprint density at radius 3 is 2.93 bits per heavy atom. The summed E-state index contributed by atoms with van der Waals surface area (Å²) < 4.78 is 13.2. The highest BCUT2D eigenvalue weighted by Gasteiger charge is 2.11. The van der Waals surface area contributed by atoms with E-state index in [0.29, 0.717) is 5.02 Å². The van der Waals surface area contributed by atoms with Crippen LogP contribution in [-0.4, -0.2) is 17.6 Å². The maximum absolute atomic E-state index is 13.2. The third-order valence-corrected chi connectivity index (χ3v) is 2.18. The molecule has 82 valence electrons. The van der Waals surface area contributed by atoms with E-state index in [0.717, 1.165) is 0 Å². The van der Waals surface area contributed by atoms with Gasteiger partial charge < -0.3 is 10.4 Å². The molecule has 0 aliphatic rings. The smallest absolute Gasteiger partial charge is 0.308 e. The van der Waals surface area contributed by atoms with Crippen molar-refractivity contribution in [2.45, 2.75) is 6.92 Å². The molecule has 0 saturated heterocycles. The quantitative estimate of drug-likeness (QED) is 0.838. The Balaban J connectivity index is 2.65. The Hall–Kier alpha value is -1.29. The third kappa shape index (κ3) is 3.40. The number of carboxylic acids is 1. The first-order chi connectivity index (χ1) is 7.00. The first-order valence-electron chi connectivity index (χ1n) is 4.42. The van der Waals surface area contributed by atoms with Crippen molar-refractivity contribution in [2.75, 3.05) is 11.9 Å². The largest absolute Gasteiger partial charge is 0.481 e. The Labute approximate surface area is 91.9 Å². The van der Waals surface area contributed by atoms with Crippen molar-refractivity contribution in [3.63, 3.8) is 0 Å². The van der Waals surface area contributed by atoms with Crippen LogP contribution in [-0.2, 0) is 4.79 Å². The highest BCUT2D eigenvalue weighted by molar-refractivity contribution is 6.30. The SMILES string of the molecule is CC(CNc1cc(Cl)ccc1F)C(=O)O. The van der Waals surface area contributed by atoms with E-state index in [4.69, 9.17) is 16.7 Å². The predicted octanol–water partition coefficient (Wildman–Crippen LogP) is 2.61. The number of aliphatic carboxylic acids is 1. The second-order valence-electron chi connectivity index (χ2n) is 3.24. The van der Waals surface area contributed by atoms with Gasteiger partial charge in [0.15, 0.2) is 0 Å². The molecule has 1 aromatic rings. The van der Waals surface area contributed by atoms with Crippen molar-refractivity contribution < 1.29 is 14.3 Å². The number of benzene rings is 1. The molecule has 0 saturated carbocycles. The molecular formula is C10H11ClFNO2. The fourth-order valence-corrected chi connectivity index (χ4v) is 1.16. The monoisotopic (exact) mass is 231 g/mol. The van der Waals surface area contributed by atoms with Gasteiger partial charge in [0.05, 0.1) is 11.6 Å². The lowest BCUT2D eigenvalue weighted by molar-refractivity contribution is -0.140. The van der Waals surface area contributed by atoms with Crippen molar-refractivity contribution >= 4 is 23.3 Å². The van der Waals surface area contributed by atoms with Crippen molar-refractivity contribution in [2.24, 2.45) is 5.92 Å². The van der Waals surface area contributed by atoms with Crippen LogP contribution in [0.2, 0.25) is 5.02 Å². The van der Waals surface area contributed by atoms with Crippen LogP contribution in [0.3, 0.4) is 0 Å². The van der Waals surface area contributed by atoms with Gasteiger partial charge in [-0.25, -0.2) is 4.39 Å². The number of anilines is 1. The summed E-state index contributed by atoms with van der Waals surface area (Å²) in [5, 5.41) is 11.7. The molecule has 1 unspecified atom stereocenters. The summed E-state index contributed by atoms with van der Waals surface area (Å²) in [5.41, 5.74) is 0.218. The molecule has 15 heavy (non-hydrogen) atoms. The van der Waals surface area contributed by atoms with Gasteiger partial charge in [-0.2, -0.15) is 0 Å². The Morgan fingerprint density at radius 1 is 1.67 bits per heavy atom. The maximum Gasteiger partial charge on any atom is 0.308 e. The lowest BCUT2D eigenvalue weighted by atomic mass is 10.2. The average Bonchev–Trinajstić information content (AvgIpc) is 2.18. The second kappa shape index (κ2) is 4.98. The molecule has 3 nitrogen and oxygen atoms in total. The van der Waals surface area contributed by atoms with Gasteiger partial charge in [-0.05, 0) is 18.2 Å². The lowest BCUT2D eigenvalue weighted by Gasteiger charge is -2.10. The molecule has 0 aromatic heterocycles. The van der Waals surface area contributed by atoms with E-state index in [9.17, 15) is 9.18 Å². The first-order valence-corrected chi connectivity index (χ1v) is 4.80. The van der Waals surface area contributed by atoms with Gasteiger partial charge in [0.2, 0.25) is 0 Å². The molecule has 0 amide bonds.